The highest BCUT2D eigenvalue weighted by Crippen LogP contribution is 2.28. The minimum atomic E-state index is -1.15. The summed E-state index contributed by atoms with van der Waals surface area (Å²) in [6, 6.07) is 5.53. The molecular formula is C21H26ClFN4O3. The first-order valence-electron chi connectivity index (χ1n) is 10.0. The molecule has 3 N–H and O–H groups in total. The van der Waals surface area contributed by atoms with Crippen LogP contribution in [0.5, 0.6) is 5.75 Å². The second-order valence-electron chi connectivity index (χ2n) is 7.93. The topological polar surface area (TPSA) is 99.2 Å². The lowest BCUT2D eigenvalue weighted by atomic mass is 9.85. The van der Waals surface area contributed by atoms with Crippen LogP contribution in [0, 0.1) is 11.7 Å². The molecule has 1 amide bonds. The average molecular weight is 437 g/mol. The summed E-state index contributed by atoms with van der Waals surface area (Å²) in [4.78, 5) is 24.6. The largest absolute Gasteiger partial charge is 0.425 e. The van der Waals surface area contributed by atoms with Crippen molar-refractivity contribution in [1.82, 2.24) is 15.1 Å². The molecule has 7 nitrogen and oxygen atoms in total. The number of halogens is 2. The molecule has 1 aromatic heterocycles. The Balaban J connectivity index is 1.62. The van der Waals surface area contributed by atoms with Gasteiger partial charge in [0, 0.05) is 30.8 Å². The maximum atomic E-state index is 14.4. The van der Waals surface area contributed by atoms with Crippen molar-refractivity contribution in [3.8, 4) is 5.75 Å². The summed E-state index contributed by atoms with van der Waals surface area (Å²) in [5, 5.41) is 7.11. The second kappa shape index (κ2) is 9.14. The van der Waals surface area contributed by atoms with Crippen LogP contribution in [0.2, 0.25) is 5.15 Å². The fraction of sp³-hybridized carbons (Fsp3) is 0.476. The number of rotatable bonds is 8. The summed E-state index contributed by atoms with van der Waals surface area (Å²) < 4.78 is 21.2. The van der Waals surface area contributed by atoms with Gasteiger partial charge in [-0.05, 0) is 38.2 Å². The van der Waals surface area contributed by atoms with Crippen LogP contribution in [-0.2, 0) is 17.9 Å². The first kappa shape index (κ1) is 22.2. The van der Waals surface area contributed by atoms with E-state index in [0.29, 0.717) is 24.6 Å². The fourth-order valence-corrected chi connectivity index (χ4v) is 3.19. The Morgan fingerprint density at radius 2 is 2.13 bits per heavy atom. The van der Waals surface area contributed by atoms with Crippen molar-refractivity contribution in [1.29, 1.82) is 0 Å². The summed E-state index contributed by atoms with van der Waals surface area (Å²) in [5.74, 6) is -1.06. The number of carbonyl (C=O) groups excluding carboxylic acids is 2. The van der Waals surface area contributed by atoms with Gasteiger partial charge in [0.25, 0.3) is 5.91 Å². The van der Waals surface area contributed by atoms with Crippen molar-refractivity contribution in [2.24, 2.45) is 11.7 Å². The number of esters is 1. The molecule has 162 valence electrons. The Bertz CT molecular complexity index is 940. The van der Waals surface area contributed by atoms with Crippen LogP contribution >= 0.6 is 11.6 Å². The highest BCUT2D eigenvalue weighted by atomic mass is 35.5. The summed E-state index contributed by atoms with van der Waals surface area (Å²) in [6.07, 6.45) is 3.80. The van der Waals surface area contributed by atoms with Crippen LogP contribution in [0.3, 0.4) is 0 Å². The lowest BCUT2D eigenvalue weighted by molar-refractivity contribution is -0.139. The Kier molecular flexibility index (Phi) is 6.77. The van der Waals surface area contributed by atoms with Crippen LogP contribution in [0.25, 0.3) is 0 Å². The number of amides is 1. The maximum absolute atomic E-state index is 14.4. The van der Waals surface area contributed by atoms with Gasteiger partial charge in [-0.3, -0.25) is 9.48 Å². The second-order valence-corrected chi connectivity index (χ2v) is 8.32. The predicted octanol–water partition coefficient (Wildman–Crippen LogP) is 3.44. The van der Waals surface area contributed by atoms with E-state index in [4.69, 9.17) is 22.1 Å². The molecule has 0 saturated heterocycles. The van der Waals surface area contributed by atoms with Gasteiger partial charge in [0.05, 0.1) is 0 Å². The summed E-state index contributed by atoms with van der Waals surface area (Å²) in [7, 11) is 0. The number of nitrogens with two attached hydrogens (primary N) is 1. The number of hydrogen-bond acceptors (Lipinski definition) is 5. The van der Waals surface area contributed by atoms with E-state index in [0.717, 1.165) is 18.9 Å². The van der Waals surface area contributed by atoms with E-state index in [2.05, 4.69) is 10.4 Å². The van der Waals surface area contributed by atoms with Crippen molar-refractivity contribution in [2.75, 3.05) is 0 Å². The number of aromatic nitrogens is 2. The average Bonchev–Trinajstić information content (AvgIpc) is 3.04. The molecule has 1 aromatic carbocycles. The fourth-order valence-electron chi connectivity index (χ4n) is 3.00. The number of nitrogens with zero attached hydrogens (tertiary/aromatic N) is 2. The Morgan fingerprint density at radius 1 is 1.40 bits per heavy atom. The molecule has 0 bridgehead atoms. The lowest BCUT2D eigenvalue weighted by Crippen LogP contribution is -2.46. The van der Waals surface area contributed by atoms with Crippen molar-refractivity contribution in [3.63, 3.8) is 0 Å². The molecule has 1 aliphatic rings. The number of ether oxygens (including phenoxy) is 1. The van der Waals surface area contributed by atoms with Gasteiger partial charge in [-0.15, -0.1) is 0 Å². The van der Waals surface area contributed by atoms with Crippen molar-refractivity contribution in [3.05, 3.63) is 46.5 Å². The van der Waals surface area contributed by atoms with E-state index in [9.17, 15) is 14.0 Å². The van der Waals surface area contributed by atoms with Crippen LogP contribution in [0.15, 0.2) is 24.3 Å². The normalized spacial score (nSPS) is 15.9. The third kappa shape index (κ3) is 5.17. The third-order valence-corrected chi connectivity index (χ3v) is 5.70. The maximum Gasteiger partial charge on any atom is 0.331 e. The minimum Gasteiger partial charge on any atom is -0.425 e. The first-order valence-corrected chi connectivity index (χ1v) is 10.4. The molecule has 1 fully saturated rings. The summed E-state index contributed by atoms with van der Waals surface area (Å²) in [6.45, 7) is 3.92. The molecule has 2 aromatic rings. The monoisotopic (exact) mass is 436 g/mol. The van der Waals surface area contributed by atoms with E-state index in [-0.39, 0.29) is 28.9 Å². The van der Waals surface area contributed by atoms with Gasteiger partial charge in [0.15, 0.2) is 5.15 Å². The van der Waals surface area contributed by atoms with Crippen molar-refractivity contribution < 1.29 is 18.7 Å². The molecule has 0 radical (unpaired) electrons. The molecule has 1 heterocycles. The SMILES string of the molecule is CCC(C)(N)C(=O)Oc1ccc(CNC(=O)c2cc(Cl)nn2CC2CCC2)c(F)c1. The van der Waals surface area contributed by atoms with E-state index in [1.165, 1.54) is 24.6 Å². The quantitative estimate of drug-likeness (QED) is 0.487. The summed E-state index contributed by atoms with van der Waals surface area (Å²) >= 11 is 5.98. The van der Waals surface area contributed by atoms with E-state index < -0.39 is 17.3 Å². The molecule has 1 saturated carbocycles. The van der Waals surface area contributed by atoms with Crippen LogP contribution in [0.4, 0.5) is 4.39 Å². The zero-order valence-electron chi connectivity index (χ0n) is 17.1. The smallest absolute Gasteiger partial charge is 0.331 e. The number of benzene rings is 1. The Hall–Kier alpha value is -2.45. The molecule has 1 aliphatic carbocycles. The van der Waals surface area contributed by atoms with Crippen LogP contribution in [0.1, 0.15) is 55.6 Å². The molecule has 1 atom stereocenters. The van der Waals surface area contributed by atoms with Gasteiger partial charge in [0.2, 0.25) is 0 Å². The molecule has 0 aliphatic heterocycles. The van der Waals surface area contributed by atoms with Gasteiger partial charge in [0.1, 0.15) is 22.8 Å². The highest BCUT2D eigenvalue weighted by Gasteiger charge is 2.28. The van der Waals surface area contributed by atoms with Gasteiger partial charge in [-0.25, -0.2) is 9.18 Å². The van der Waals surface area contributed by atoms with Gasteiger partial charge in [-0.2, -0.15) is 5.10 Å². The van der Waals surface area contributed by atoms with E-state index in [1.54, 1.807) is 18.5 Å². The third-order valence-electron chi connectivity index (χ3n) is 5.51. The Morgan fingerprint density at radius 3 is 2.73 bits per heavy atom. The molecule has 30 heavy (non-hydrogen) atoms. The van der Waals surface area contributed by atoms with Gasteiger partial charge < -0.3 is 15.8 Å². The number of hydrogen-bond donors (Lipinski definition) is 2. The van der Waals surface area contributed by atoms with E-state index in [1.807, 2.05) is 0 Å². The predicted molar refractivity (Wildman–Crippen MR) is 111 cm³/mol. The minimum absolute atomic E-state index is 0.0331. The molecule has 1 unspecified atom stereocenters. The highest BCUT2D eigenvalue weighted by molar-refractivity contribution is 6.29. The first-order chi connectivity index (χ1) is 14.2. The van der Waals surface area contributed by atoms with Crippen LogP contribution < -0.4 is 15.8 Å². The summed E-state index contributed by atoms with van der Waals surface area (Å²) in [5.41, 5.74) is 5.29. The van der Waals surface area contributed by atoms with Crippen molar-refractivity contribution in [2.45, 2.75) is 58.2 Å². The van der Waals surface area contributed by atoms with E-state index >= 15 is 0 Å². The molecule has 9 heteroatoms. The lowest BCUT2D eigenvalue weighted by Gasteiger charge is -2.25. The van der Waals surface area contributed by atoms with Crippen LogP contribution in [-0.4, -0.2) is 27.2 Å². The number of carbonyl (C=O) groups is 2. The van der Waals surface area contributed by atoms with Crippen molar-refractivity contribution >= 4 is 23.5 Å². The zero-order chi connectivity index (χ0) is 21.9. The molecule has 0 spiro atoms. The molecule has 3 rings (SSSR count). The van der Waals surface area contributed by atoms with Gasteiger partial charge in [-0.1, -0.05) is 31.0 Å². The zero-order valence-corrected chi connectivity index (χ0v) is 17.8. The molecular weight excluding hydrogens is 411 g/mol. The van der Waals surface area contributed by atoms with Gasteiger partial charge >= 0.3 is 5.97 Å². The number of nitrogens with one attached hydrogen (secondary N) is 1. The standard InChI is InChI=1S/C21H26ClFN4O3/c1-3-21(2,24)20(29)30-15-8-7-14(16(23)9-15)11-25-19(28)17-10-18(22)26-27(17)12-13-5-4-6-13/h7-10,13H,3-6,11-12,24H2,1-2H3,(H,25,28). The Labute approximate surface area is 179 Å².